The molecule has 0 unspecified atom stereocenters. The van der Waals surface area contributed by atoms with E-state index in [1.54, 1.807) is 0 Å². The summed E-state index contributed by atoms with van der Waals surface area (Å²) in [5.41, 5.74) is 4.08. The summed E-state index contributed by atoms with van der Waals surface area (Å²) in [5.74, 6) is 0. The van der Waals surface area contributed by atoms with Gasteiger partial charge in [0.05, 0.1) is 0 Å². The molecule has 0 nitrogen and oxygen atoms in total. The lowest BCUT2D eigenvalue weighted by Crippen LogP contribution is -1.62. The SMILES string of the molecule is C/C=C/C.C/C=C\C.CC.CC=C(C)C.CC=C(C)C.Cc1ccccc1. The van der Waals surface area contributed by atoms with Gasteiger partial charge in [0.1, 0.15) is 0 Å². The molecule has 27 heavy (non-hydrogen) atoms. The van der Waals surface area contributed by atoms with E-state index in [2.05, 4.69) is 58.9 Å². The Morgan fingerprint density at radius 1 is 0.556 bits per heavy atom. The summed E-state index contributed by atoms with van der Waals surface area (Å²) in [6, 6.07) is 10.3. The first-order chi connectivity index (χ1) is 12.8. The Bertz CT molecular complexity index is 400. The molecule has 0 aliphatic carbocycles. The average molecular weight is 375 g/mol. The third kappa shape index (κ3) is 80.2. The van der Waals surface area contributed by atoms with Crippen LogP contribution in [0.5, 0.6) is 0 Å². The first-order valence-corrected chi connectivity index (χ1v) is 10.1. The lowest BCUT2D eigenvalue weighted by molar-refractivity contribution is 1.36. The largest absolute Gasteiger partial charge is 0.0919 e. The zero-order valence-electron chi connectivity index (χ0n) is 20.9. The van der Waals surface area contributed by atoms with Crippen molar-refractivity contribution in [1.82, 2.24) is 0 Å². The Hall–Kier alpha value is -1.82. The van der Waals surface area contributed by atoms with Crippen molar-refractivity contribution in [3.05, 3.63) is 83.5 Å². The first-order valence-electron chi connectivity index (χ1n) is 10.1. The molecule has 0 saturated heterocycles. The van der Waals surface area contributed by atoms with Gasteiger partial charge in [0.15, 0.2) is 0 Å². The van der Waals surface area contributed by atoms with Crippen LogP contribution in [0.2, 0.25) is 0 Å². The van der Waals surface area contributed by atoms with E-state index in [9.17, 15) is 0 Å². The average Bonchev–Trinajstić information content (AvgIpc) is 2.71. The molecule has 1 aromatic rings. The summed E-state index contributed by atoms with van der Waals surface area (Å²) in [6.45, 7) is 26.5. The summed E-state index contributed by atoms with van der Waals surface area (Å²) in [7, 11) is 0. The van der Waals surface area contributed by atoms with Crippen LogP contribution in [0, 0.1) is 6.92 Å². The van der Waals surface area contributed by atoms with E-state index in [0.29, 0.717) is 0 Å². The maximum atomic E-state index is 2.08. The number of hydrogen-bond acceptors (Lipinski definition) is 0. The summed E-state index contributed by atoms with van der Waals surface area (Å²) >= 11 is 0. The normalized spacial score (nSPS) is 7.89. The molecule has 0 bridgehead atoms. The van der Waals surface area contributed by atoms with Gasteiger partial charge in [0, 0.05) is 0 Å². The van der Waals surface area contributed by atoms with Crippen molar-refractivity contribution in [2.45, 2.75) is 90.0 Å². The van der Waals surface area contributed by atoms with Gasteiger partial charge in [0.2, 0.25) is 0 Å². The molecule has 0 atom stereocenters. The van der Waals surface area contributed by atoms with Gasteiger partial charge in [-0.05, 0) is 76.2 Å². The molecule has 0 radical (unpaired) electrons. The van der Waals surface area contributed by atoms with Gasteiger partial charge >= 0.3 is 0 Å². The third-order valence-corrected chi connectivity index (χ3v) is 2.76. The predicted molar refractivity (Wildman–Crippen MR) is 134 cm³/mol. The molecule has 158 valence electrons. The van der Waals surface area contributed by atoms with Crippen LogP contribution in [0.15, 0.2) is 77.9 Å². The molecule has 0 aliphatic rings. The predicted octanol–water partition coefficient (Wildman–Crippen LogP) is 10.1. The van der Waals surface area contributed by atoms with Crippen molar-refractivity contribution in [2.75, 3.05) is 0 Å². The molecule has 0 saturated carbocycles. The Morgan fingerprint density at radius 2 is 0.778 bits per heavy atom. The van der Waals surface area contributed by atoms with Crippen LogP contribution in [0.4, 0.5) is 0 Å². The Labute approximate surface area is 173 Å². The Kier molecular flexibility index (Phi) is 52.6. The van der Waals surface area contributed by atoms with Gasteiger partial charge in [-0.1, -0.05) is 97.3 Å². The molecule has 0 aromatic heterocycles. The fourth-order valence-corrected chi connectivity index (χ4v) is 0.534. The Balaban J connectivity index is -0.0000000744. The van der Waals surface area contributed by atoms with E-state index in [-0.39, 0.29) is 0 Å². The lowest BCUT2D eigenvalue weighted by atomic mass is 10.2. The molecule has 0 heteroatoms. The smallest absolute Gasteiger partial charge is 0.0398 e. The van der Waals surface area contributed by atoms with Gasteiger partial charge < -0.3 is 0 Å². The molecule has 0 heterocycles. The molecule has 1 aromatic carbocycles. The van der Waals surface area contributed by atoms with Gasteiger partial charge in [0.25, 0.3) is 0 Å². The van der Waals surface area contributed by atoms with Gasteiger partial charge in [-0.3, -0.25) is 0 Å². The van der Waals surface area contributed by atoms with Crippen LogP contribution in [0.25, 0.3) is 0 Å². The highest BCUT2D eigenvalue weighted by Gasteiger charge is 1.72. The molecule has 1 rings (SSSR count). The summed E-state index contributed by atoms with van der Waals surface area (Å²) in [5, 5.41) is 0. The van der Waals surface area contributed by atoms with E-state index in [4.69, 9.17) is 0 Å². The second-order valence-electron chi connectivity index (χ2n) is 5.72. The van der Waals surface area contributed by atoms with Crippen molar-refractivity contribution >= 4 is 0 Å². The van der Waals surface area contributed by atoms with Crippen molar-refractivity contribution in [3.63, 3.8) is 0 Å². The van der Waals surface area contributed by atoms with E-state index >= 15 is 0 Å². The molecule has 0 amide bonds. The quantitative estimate of drug-likeness (QED) is 0.396. The summed E-state index contributed by atoms with van der Waals surface area (Å²) < 4.78 is 0. The first kappa shape index (κ1) is 36.2. The maximum Gasteiger partial charge on any atom is -0.0398 e. The summed E-state index contributed by atoms with van der Waals surface area (Å²) in [4.78, 5) is 0. The maximum absolute atomic E-state index is 2.08. The minimum Gasteiger partial charge on any atom is -0.0919 e. The van der Waals surface area contributed by atoms with E-state index in [1.165, 1.54) is 16.7 Å². The monoisotopic (exact) mass is 374 g/mol. The van der Waals surface area contributed by atoms with Crippen LogP contribution >= 0.6 is 0 Å². The number of allylic oxidation sites excluding steroid dienone is 8. The third-order valence-electron chi connectivity index (χ3n) is 2.76. The van der Waals surface area contributed by atoms with Crippen molar-refractivity contribution in [2.24, 2.45) is 0 Å². The fourth-order valence-electron chi connectivity index (χ4n) is 0.534. The zero-order chi connectivity index (χ0) is 22.5. The van der Waals surface area contributed by atoms with Crippen LogP contribution < -0.4 is 0 Å². The minimum atomic E-state index is 1.32. The highest BCUT2D eigenvalue weighted by Crippen LogP contribution is 1.92. The van der Waals surface area contributed by atoms with Crippen LogP contribution in [0.1, 0.15) is 88.6 Å². The standard InChI is InChI=1S/C7H8.2C5H10.2C4H8.C2H6/c1-7-5-3-2-4-6-7;2*1-4-5(2)3;2*1-3-4-2;1-2/h2-6H,1H3;2*4H,1-3H3;2*3-4H,1-2H3;1-2H3/b;;;4-3+;4-3-;. The second kappa shape index (κ2) is 39.3. The van der Waals surface area contributed by atoms with Crippen molar-refractivity contribution < 1.29 is 0 Å². The van der Waals surface area contributed by atoms with Gasteiger partial charge in [-0.2, -0.15) is 0 Å². The second-order valence-corrected chi connectivity index (χ2v) is 5.72. The fraction of sp³-hybridized carbons (Fsp3) is 0.481. The van der Waals surface area contributed by atoms with Gasteiger partial charge in [-0.15, -0.1) is 0 Å². The van der Waals surface area contributed by atoms with E-state index < -0.39 is 0 Å². The minimum absolute atomic E-state index is 1.32. The highest BCUT2D eigenvalue weighted by atomic mass is 13.8. The molecular formula is C27H50. The lowest BCUT2D eigenvalue weighted by Gasteiger charge is -1.82. The summed E-state index contributed by atoms with van der Waals surface area (Å²) in [6.07, 6.45) is 12.2. The van der Waals surface area contributed by atoms with E-state index in [1.807, 2.05) is 97.9 Å². The Morgan fingerprint density at radius 3 is 0.852 bits per heavy atom. The topological polar surface area (TPSA) is 0 Å². The molecular weight excluding hydrogens is 324 g/mol. The number of benzene rings is 1. The molecule has 0 aliphatic heterocycles. The molecule has 0 fully saturated rings. The van der Waals surface area contributed by atoms with Crippen LogP contribution in [-0.2, 0) is 0 Å². The van der Waals surface area contributed by atoms with Crippen LogP contribution in [0.3, 0.4) is 0 Å². The number of hydrogen-bond donors (Lipinski definition) is 0. The number of aryl methyl sites for hydroxylation is 1. The highest BCUT2D eigenvalue weighted by molar-refractivity contribution is 5.11. The molecule has 0 N–H and O–H groups in total. The van der Waals surface area contributed by atoms with Crippen LogP contribution in [-0.4, -0.2) is 0 Å². The van der Waals surface area contributed by atoms with E-state index in [0.717, 1.165) is 0 Å². The van der Waals surface area contributed by atoms with Crippen molar-refractivity contribution in [3.8, 4) is 0 Å². The van der Waals surface area contributed by atoms with Gasteiger partial charge in [-0.25, -0.2) is 0 Å². The zero-order valence-corrected chi connectivity index (χ0v) is 20.9. The number of rotatable bonds is 0. The molecule has 0 spiro atoms. The van der Waals surface area contributed by atoms with Crippen molar-refractivity contribution in [1.29, 1.82) is 0 Å².